The third-order valence-corrected chi connectivity index (χ3v) is 3.94. The number of halogens is 2. The van der Waals surface area contributed by atoms with Gasteiger partial charge in [-0.2, -0.15) is 4.39 Å². The first-order chi connectivity index (χ1) is 14.3. The molecule has 30 heavy (non-hydrogen) atoms. The van der Waals surface area contributed by atoms with Gasteiger partial charge in [-0.3, -0.25) is 14.6 Å². The van der Waals surface area contributed by atoms with Crippen LogP contribution < -0.4 is 15.8 Å². The van der Waals surface area contributed by atoms with Gasteiger partial charge in [-0.25, -0.2) is 4.39 Å². The molecule has 1 aliphatic heterocycles. The van der Waals surface area contributed by atoms with Gasteiger partial charge in [-0.15, -0.1) is 0 Å². The number of nitrogens with two attached hydrogens (primary N) is 1. The predicted molar refractivity (Wildman–Crippen MR) is 109 cm³/mol. The molecule has 1 aromatic carbocycles. The lowest BCUT2D eigenvalue weighted by atomic mass is 10.2. The largest absolute Gasteiger partial charge is 0.494 e. The van der Waals surface area contributed by atoms with Crippen LogP contribution in [-0.4, -0.2) is 36.1 Å². The highest BCUT2D eigenvalue weighted by molar-refractivity contribution is 5.96. The average Bonchev–Trinajstić information content (AvgIpc) is 3.19. The maximum atomic E-state index is 12.5. The Hall–Kier alpha value is -3.07. The molecule has 9 heteroatoms. The lowest BCUT2D eigenvalue weighted by Crippen LogP contribution is -2.28. The van der Waals surface area contributed by atoms with Crippen molar-refractivity contribution < 1.29 is 27.8 Å². The summed E-state index contributed by atoms with van der Waals surface area (Å²) in [7, 11) is 1.29. The Labute approximate surface area is 174 Å². The van der Waals surface area contributed by atoms with Gasteiger partial charge in [0.05, 0.1) is 13.2 Å². The van der Waals surface area contributed by atoms with Crippen LogP contribution in [0.25, 0.3) is 0 Å². The minimum atomic E-state index is -0.940. The van der Waals surface area contributed by atoms with E-state index in [1.54, 1.807) is 6.07 Å². The summed E-state index contributed by atoms with van der Waals surface area (Å²) in [4.78, 5) is 26.6. The number of anilines is 1. The number of hydrogen-bond donors (Lipinski definition) is 2. The highest BCUT2D eigenvalue weighted by Crippen LogP contribution is 2.20. The SMILES string of the molecule is CC.CC1CCC(C(=O)Nc2ccnc(C(N)=O)c2)O1.COc1cccc(F)c1F. The van der Waals surface area contributed by atoms with Gasteiger partial charge in [0.1, 0.15) is 11.8 Å². The monoisotopic (exact) mass is 423 g/mol. The number of primary amides is 1. The van der Waals surface area contributed by atoms with E-state index in [1.165, 1.54) is 31.5 Å². The van der Waals surface area contributed by atoms with Crippen LogP contribution in [0.4, 0.5) is 14.5 Å². The van der Waals surface area contributed by atoms with Gasteiger partial charge in [-0.05, 0) is 44.0 Å². The summed E-state index contributed by atoms with van der Waals surface area (Å²) in [5.74, 6) is -2.73. The number of carbonyl (C=O) groups excluding carboxylic acids is 2. The number of rotatable bonds is 4. The Bertz CT molecular complexity index is 849. The molecule has 0 aliphatic carbocycles. The molecular weight excluding hydrogens is 396 g/mol. The van der Waals surface area contributed by atoms with Gasteiger partial charge in [0.2, 0.25) is 5.82 Å². The summed E-state index contributed by atoms with van der Waals surface area (Å²) >= 11 is 0. The molecule has 2 amide bonds. The molecule has 3 rings (SSSR count). The van der Waals surface area contributed by atoms with Crippen LogP contribution in [0.15, 0.2) is 36.5 Å². The summed E-state index contributed by atoms with van der Waals surface area (Å²) in [6.45, 7) is 5.94. The van der Waals surface area contributed by atoms with E-state index in [9.17, 15) is 18.4 Å². The van der Waals surface area contributed by atoms with E-state index in [0.717, 1.165) is 12.5 Å². The van der Waals surface area contributed by atoms with Crippen LogP contribution in [0, 0.1) is 11.6 Å². The molecule has 1 aromatic heterocycles. The summed E-state index contributed by atoms with van der Waals surface area (Å²) in [5.41, 5.74) is 5.73. The van der Waals surface area contributed by atoms with Crippen LogP contribution in [-0.2, 0) is 9.53 Å². The Morgan fingerprint density at radius 2 is 1.93 bits per heavy atom. The number of carbonyl (C=O) groups is 2. The lowest BCUT2D eigenvalue weighted by molar-refractivity contribution is -0.126. The number of nitrogens with one attached hydrogen (secondary N) is 1. The fourth-order valence-corrected chi connectivity index (χ4v) is 2.50. The van der Waals surface area contributed by atoms with Crippen LogP contribution >= 0.6 is 0 Å². The van der Waals surface area contributed by atoms with Crippen molar-refractivity contribution in [2.45, 2.75) is 45.8 Å². The summed E-state index contributed by atoms with van der Waals surface area (Å²) in [6.07, 6.45) is 2.69. The first kappa shape index (κ1) is 25.0. The molecule has 0 spiro atoms. The van der Waals surface area contributed by atoms with Gasteiger partial charge >= 0.3 is 0 Å². The zero-order valence-electron chi connectivity index (χ0n) is 17.4. The average molecular weight is 423 g/mol. The number of aromatic nitrogens is 1. The number of hydrogen-bond acceptors (Lipinski definition) is 5. The van der Waals surface area contributed by atoms with Crippen LogP contribution in [0.5, 0.6) is 5.75 Å². The highest BCUT2D eigenvalue weighted by atomic mass is 19.2. The van der Waals surface area contributed by atoms with Crippen molar-refractivity contribution in [3.63, 3.8) is 0 Å². The lowest BCUT2D eigenvalue weighted by Gasteiger charge is -2.11. The minimum absolute atomic E-state index is 0.0694. The molecule has 2 unspecified atom stereocenters. The number of nitrogens with zero attached hydrogens (tertiary/aromatic N) is 1. The molecule has 2 aromatic rings. The fourth-order valence-electron chi connectivity index (χ4n) is 2.50. The topological polar surface area (TPSA) is 104 Å². The molecular formula is C21H27F2N3O4. The number of methoxy groups -OCH3 is 1. The van der Waals surface area contributed by atoms with E-state index in [2.05, 4.69) is 15.0 Å². The minimum Gasteiger partial charge on any atom is -0.494 e. The van der Waals surface area contributed by atoms with Crippen molar-refractivity contribution in [2.75, 3.05) is 12.4 Å². The quantitative estimate of drug-likeness (QED) is 0.781. The molecule has 2 heterocycles. The Morgan fingerprint density at radius 3 is 2.47 bits per heavy atom. The molecule has 0 bridgehead atoms. The Morgan fingerprint density at radius 1 is 1.23 bits per heavy atom. The second-order valence-corrected chi connectivity index (χ2v) is 6.05. The Kier molecular flexibility index (Phi) is 10.4. The molecule has 3 N–H and O–H groups in total. The molecule has 1 aliphatic rings. The predicted octanol–water partition coefficient (Wildman–Crippen LogP) is 3.69. The van der Waals surface area contributed by atoms with Crippen molar-refractivity contribution in [1.29, 1.82) is 0 Å². The van der Waals surface area contributed by atoms with Gasteiger partial charge in [-0.1, -0.05) is 19.9 Å². The Balaban J connectivity index is 0.000000318. The van der Waals surface area contributed by atoms with E-state index in [-0.39, 0.29) is 23.5 Å². The summed E-state index contributed by atoms with van der Waals surface area (Å²) in [6, 6.07) is 6.83. The number of ether oxygens (including phenoxy) is 2. The number of pyridine rings is 1. The van der Waals surface area contributed by atoms with Crippen LogP contribution in [0.3, 0.4) is 0 Å². The van der Waals surface area contributed by atoms with Gasteiger partial charge in [0.25, 0.3) is 11.8 Å². The fraction of sp³-hybridized carbons (Fsp3) is 0.381. The normalized spacial score (nSPS) is 17.0. The molecule has 1 saturated heterocycles. The van der Waals surface area contributed by atoms with E-state index >= 15 is 0 Å². The molecule has 164 valence electrons. The standard InChI is InChI=1S/C12H15N3O3.C7H6F2O.C2H6/c1-7-2-3-10(18-7)12(17)15-8-4-5-14-9(6-8)11(13)16;1-10-6-4-2-3-5(8)7(6)9;1-2/h4-7,10H,2-3H2,1H3,(H2,13,16)(H,14,15,17);2-4H,1H3;1-2H3. The molecule has 2 atom stereocenters. The molecule has 0 radical (unpaired) electrons. The third-order valence-electron chi connectivity index (χ3n) is 3.94. The van der Waals surface area contributed by atoms with Crippen LogP contribution in [0.1, 0.15) is 44.1 Å². The second kappa shape index (κ2) is 12.5. The third kappa shape index (κ3) is 7.40. The van der Waals surface area contributed by atoms with E-state index in [0.29, 0.717) is 12.1 Å². The first-order valence-corrected chi connectivity index (χ1v) is 9.52. The van der Waals surface area contributed by atoms with Crippen molar-refractivity contribution >= 4 is 17.5 Å². The maximum Gasteiger partial charge on any atom is 0.267 e. The zero-order chi connectivity index (χ0) is 22.7. The number of amides is 2. The smallest absolute Gasteiger partial charge is 0.267 e. The van der Waals surface area contributed by atoms with Gasteiger partial charge in [0.15, 0.2) is 11.6 Å². The second-order valence-electron chi connectivity index (χ2n) is 6.05. The molecule has 7 nitrogen and oxygen atoms in total. The maximum absolute atomic E-state index is 12.5. The zero-order valence-corrected chi connectivity index (χ0v) is 17.4. The highest BCUT2D eigenvalue weighted by Gasteiger charge is 2.28. The van der Waals surface area contributed by atoms with Crippen molar-refractivity contribution in [3.05, 3.63) is 53.9 Å². The number of benzene rings is 1. The van der Waals surface area contributed by atoms with E-state index in [1.807, 2.05) is 20.8 Å². The summed E-state index contributed by atoms with van der Waals surface area (Å²) in [5, 5.41) is 2.69. The first-order valence-electron chi connectivity index (χ1n) is 9.52. The van der Waals surface area contributed by atoms with Gasteiger partial charge in [0, 0.05) is 11.9 Å². The van der Waals surface area contributed by atoms with Crippen molar-refractivity contribution in [2.24, 2.45) is 5.73 Å². The van der Waals surface area contributed by atoms with Crippen molar-refractivity contribution in [3.8, 4) is 5.75 Å². The summed E-state index contributed by atoms with van der Waals surface area (Å²) < 4.78 is 34.8. The van der Waals surface area contributed by atoms with E-state index in [4.69, 9.17) is 10.5 Å². The van der Waals surface area contributed by atoms with E-state index < -0.39 is 23.6 Å². The molecule has 1 fully saturated rings. The van der Waals surface area contributed by atoms with Gasteiger partial charge < -0.3 is 20.5 Å². The van der Waals surface area contributed by atoms with Crippen molar-refractivity contribution in [1.82, 2.24) is 4.98 Å². The van der Waals surface area contributed by atoms with Crippen LogP contribution in [0.2, 0.25) is 0 Å². The molecule has 0 saturated carbocycles.